The lowest BCUT2D eigenvalue weighted by atomic mass is 10.1. The highest BCUT2D eigenvalue weighted by Crippen LogP contribution is 2.23. The minimum Gasteiger partial charge on any atom is -0.398 e. The summed E-state index contributed by atoms with van der Waals surface area (Å²) in [7, 11) is -3.15. The first kappa shape index (κ1) is 15.2. The van der Waals surface area contributed by atoms with Crippen molar-refractivity contribution >= 4 is 27.1 Å². The summed E-state index contributed by atoms with van der Waals surface area (Å²) in [5, 5.41) is 10.8. The molecule has 2 rings (SSSR count). The Morgan fingerprint density at radius 3 is 2.71 bits per heavy atom. The second-order valence-corrected chi connectivity index (χ2v) is 7.22. The van der Waals surface area contributed by atoms with Crippen LogP contribution in [0.3, 0.4) is 0 Å². The van der Waals surface area contributed by atoms with E-state index in [1.165, 1.54) is 17.0 Å². The van der Waals surface area contributed by atoms with Gasteiger partial charge in [0.25, 0.3) is 11.6 Å². The Labute approximate surface area is 121 Å². The van der Waals surface area contributed by atoms with Crippen molar-refractivity contribution in [1.29, 1.82) is 0 Å². The van der Waals surface area contributed by atoms with E-state index in [2.05, 4.69) is 0 Å². The lowest BCUT2D eigenvalue weighted by Gasteiger charge is -2.33. The fourth-order valence-electron chi connectivity index (χ4n) is 2.30. The Bertz CT molecular complexity index is 701. The maximum Gasteiger partial charge on any atom is 0.270 e. The third kappa shape index (κ3) is 3.13. The number of non-ortho nitro benzene ring substituents is 1. The monoisotopic (exact) mass is 313 g/mol. The van der Waals surface area contributed by atoms with Crippen LogP contribution in [0.2, 0.25) is 0 Å². The summed E-state index contributed by atoms with van der Waals surface area (Å²) < 4.78 is 23.0. The van der Waals surface area contributed by atoms with Crippen molar-refractivity contribution in [3.05, 3.63) is 33.9 Å². The third-order valence-electron chi connectivity index (χ3n) is 3.41. The maximum atomic E-state index is 12.4. The molecule has 0 radical (unpaired) electrons. The van der Waals surface area contributed by atoms with E-state index in [4.69, 9.17) is 5.73 Å². The summed E-state index contributed by atoms with van der Waals surface area (Å²) in [6.45, 7) is 1.69. The highest BCUT2D eigenvalue weighted by Gasteiger charge is 2.32. The predicted octanol–water partition coefficient (Wildman–Crippen LogP) is 0.436. The largest absolute Gasteiger partial charge is 0.398 e. The Hall–Kier alpha value is -2.16. The van der Waals surface area contributed by atoms with E-state index in [1.807, 2.05) is 0 Å². The molecule has 1 saturated heterocycles. The number of nitro groups is 1. The number of hydrogen-bond acceptors (Lipinski definition) is 6. The predicted molar refractivity (Wildman–Crippen MR) is 76.7 cm³/mol. The highest BCUT2D eigenvalue weighted by atomic mass is 32.2. The summed E-state index contributed by atoms with van der Waals surface area (Å²) in [6, 6.07) is 3.15. The number of benzene rings is 1. The molecule has 0 bridgehead atoms. The van der Waals surface area contributed by atoms with Gasteiger partial charge in [-0.05, 0) is 13.0 Å². The molecule has 0 aromatic heterocycles. The summed E-state index contributed by atoms with van der Waals surface area (Å²) >= 11 is 0. The van der Waals surface area contributed by atoms with Gasteiger partial charge in [-0.1, -0.05) is 0 Å². The van der Waals surface area contributed by atoms with Crippen LogP contribution in [0.1, 0.15) is 17.3 Å². The molecule has 1 fully saturated rings. The van der Waals surface area contributed by atoms with Gasteiger partial charge < -0.3 is 10.6 Å². The molecule has 1 amide bonds. The zero-order chi connectivity index (χ0) is 15.8. The van der Waals surface area contributed by atoms with Gasteiger partial charge in [-0.25, -0.2) is 8.42 Å². The Kier molecular flexibility index (Phi) is 3.86. The van der Waals surface area contributed by atoms with Gasteiger partial charge >= 0.3 is 0 Å². The number of rotatable bonds is 2. The van der Waals surface area contributed by atoms with Gasteiger partial charge in [0, 0.05) is 30.4 Å². The number of carbonyl (C=O) groups excluding carboxylic acids is 1. The van der Waals surface area contributed by atoms with Crippen molar-refractivity contribution in [3.8, 4) is 0 Å². The molecule has 21 heavy (non-hydrogen) atoms. The van der Waals surface area contributed by atoms with E-state index >= 15 is 0 Å². The van der Waals surface area contributed by atoms with Crippen molar-refractivity contribution < 1.29 is 18.1 Å². The zero-order valence-electron chi connectivity index (χ0n) is 11.4. The van der Waals surface area contributed by atoms with Gasteiger partial charge in [0.15, 0.2) is 9.84 Å². The smallest absolute Gasteiger partial charge is 0.270 e. The molecule has 1 aliphatic rings. The fourth-order valence-corrected chi connectivity index (χ4v) is 3.85. The van der Waals surface area contributed by atoms with E-state index in [9.17, 15) is 23.3 Å². The van der Waals surface area contributed by atoms with E-state index in [-0.39, 0.29) is 35.0 Å². The lowest BCUT2D eigenvalue weighted by Crippen LogP contribution is -2.49. The highest BCUT2D eigenvalue weighted by molar-refractivity contribution is 7.91. The number of nitrogens with zero attached hydrogens (tertiary/aromatic N) is 2. The molecule has 1 aromatic rings. The van der Waals surface area contributed by atoms with Crippen LogP contribution in [0.4, 0.5) is 11.4 Å². The Balaban J connectivity index is 2.32. The zero-order valence-corrected chi connectivity index (χ0v) is 12.2. The quantitative estimate of drug-likeness (QED) is 0.480. The van der Waals surface area contributed by atoms with Crippen molar-refractivity contribution in [2.75, 3.05) is 23.8 Å². The maximum absolute atomic E-state index is 12.4. The molecule has 0 spiro atoms. The third-order valence-corrected chi connectivity index (χ3v) is 5.20. The average Bonchev–Trinajstić information content (AvgIpc) is 2.37. The standard InChI is InChI=1S/C12H15N3O5S/c1-8-7-21(19,20)5-4-14(8)12(16)10-6-9(15(17)18)2-3-11(10)13/h2-3,6,8H,4-5,7,13H2,1H3. The van der Waals surface area contributed by atoms with Crippen molar-refractivity contribution in [2.24, 2.45) is 0 Å². The molecule has 114 valence electrons. The van der Waals surface area contributed by atoms with Crippen LogP contribution in [0.5, 0.6) is 0 Å². The summed E-state index contributed by atoms with van der Waals surface area (Å²) in [5.41, 5.74) is 5.63. The van der Waals surface area contributed by atoms with Gasteiger partial charge in [0.2, 0.25) is 0 Å². The number of carbonyl (C=O) groups is 1. The van der Waals surface area contributed by atoms with Gasteiger partial charge in [0.1, 0.15) is 0 Å². The molecule has 0 saturated carbocycles. The SMILES string of the molecule is CC1CS(=O)(=O)CCN1C(=O)c1cc([N+](=O)[O-])ccc1N. The van der Waals surface area contributed by atoms with Gasteiger partial charge in [-0.3, -0.25) is 14.9 Å². The van der Waals surface area contributed by atoms with Crippen LogP contribution in [-0.4, -0.2) is 48.2 Å². The Morgan fingerprint density at radius 1 is 1.48 bits per heavy atom. The summed E-state index contributed by atoms with van der Waals surface area (Å²) in [6.07, 6.45) is 0. The topological polar surface area (TPSA) is 124 Å². The van der Waals surface area contributed by atoms with Crippen LogP contribution in [-0.2, 0) is 9.84 Å². The number of sulfone groups is 1. The molecule has 8 nitrogen and oxygen atoms in total. The van der Waals surface area contributed by atoms with E-state index in [1.54, 1.807) is 6.92 Å². The number of amides is 1. The average molecular weight is 313 g/mol. The molecule has 1 unspecified atom stereocenters. The minimum absolute atomic E-state index is 0.0235. The van der Waals surface area contributed by atoms with Crippen molar-refractivity contribution in [3.63, 3.8) is 0 Å². The van der Waals surface area contributed by atoms with Crippen molar-refractivity contribution in [2.45, 2.75) is 13.0 Å². The van der Waals surface area contributed by atoms with Gasteiger partial charge in [-0.15, -0.1) is 0 Å². The van der Waals surface area contributed by atoms with Crippen LogP contribution >= 0.6 is 0 Å². The first-order valence-corrected chi connectivity index (χ1v) is 8.09. The lowest BCUT2D eigenvalue weighted by molar-refractivity contribution is -0.384. The van der Waals surface area contributed by atoms with E-state index in [0.717, 1.165) is 6.07 Å². The number of nitrogen functional groups attached to an aromatic ring is 1. The summed E-state index contributed by atoms with van der Waals surface area (Å²) in [4.78, 5) is 24.0. The minimum atomic E-state index is -3.15. The molecule has 1 atom stereocenters. The normalized spacial score (nSPS) is 21.0. The van der Waals surface area contributed by atoms with Crippen LogP contribution in [0.15, 0.2) is 18.2 Å². The van der Waals surface area contributed by atoms with Gasteiger partial charge in [-0.2, -0.15) is 0 Å². The number of anilines is 1. The van der Waals surface area contributed by atoms with E-state index in [0.29, 0.717) is 0 Å². The first-order chi connectivity index (χ1) is 9.71. The number of nitrogens with two attached hydrogens (primary N) is 1. The first-order valence-electron chi connectivity index (χ1n) is 6.26. The molecule has 0 aliphatic carbocycles. The second-order valence-electron chi connectivity index (χ2n) is 4.99. The molecular formula is C12H15N3O5S. The number of hydrogen-bond donors (Lipinski definition) is 1. The molecule has 1 aliphatic heterocycles. The molecule has 2 N–H and O–H groups in total. The fraction of sp³-hybridized carbons (Fsp3) is 0.417. The molecule has 1 aromatic carbocycles. The van der Waals surface area contributed by atoms with E-state index < -0.39 is 26.7 Å². The molecule has 9 heteroatoms. The Morgan fingerprint density at radius 2 is 2.14 bits per heavy atom. The van der Waals surface area contributed by atoms with Crippen LogP contribution in [0.25, 0.3) is 0 Å². The summed E-state index contributed by atoms with van der Waals surface area (Å²) in [5.74, 6) is -0.718. The van der Waals surface area contributed by atoms with Gasteiger partial charge in [0.05, 0.1) is 22.0 Å². The second kappa shape index (κ2) is 5.32. The van der Waals surface area contributed by atoms with Crippen LogP contribution < -0.4 is 5.73 Å². The van der Waals surface area contributed by atoms with Crippen LogP contribution in [0, 0.1) is 10.1 Å². The molecule has 1 heterocycles. The molecular weight excluding hydrogens is 298 g/mol. The number of nitro benzene ring substituents is 1. The van der Waals surface area contributed by atoms with Crippen molar-refractivity contribution in [1.82, 2.24) is 4.90 Å².